The van der Waals surface area contributed by atoms with E-state index in [0.717, 1.165) is 48.3 Å². The molecule has 2 aromatic rings. The van der Waals surface area contributed by atoms with E-state index in [1.165, 1.54) is 11.3 Å². The summed E-state index contributed by atoms with van der Waals surface area (Å²) in [5.74, 6) is 2.07. The molecule has 0 bridgehead atoms. The van der Waals surface area contributed by atoms with E-state index in [0.29, 0.717) is 18.9 Å². The molecular formula is C16H20N2O3S. The molecule has 0 saturated carbocycles. The molecule has 3 heterocycles. The van der Waals surface area contributed by atoms with Gasteiger partial charge in [0.15, 0.2) is 10.8 Å². The van der Waals surface area contributed by atoms with Crippen LogP contribution in [0, 0.1) is 12.8 Å². The smallest absolute Gasteiger partial charge is 0.226 e. The number of nitrogens with one attached hydrogen (secondary N) is 1. The highest BCUT2D eigenvalue weighted by molar-refractivity contribution is 7.13. The fraction of sp³-hybridized carbons (Fsp3) is 0.500. The molecule has 1 aliphatic rings. The van der Waals surface area contributed by atoms with Gasteiger partial charge in [0.25, 0.3) is 0 Å². The quantitative estimate of drug-likeness (QED) is 0.920. The highest BCUT2D eigenvalue weighted by Gasteiger charge is 2.16. The summed E-state index contributed by atoms with van der Waals surface area (Å²) < 4.78 is 11.0. The van der Waals surface area contributed by atoms with E-state index in [-0.39, 0.29) is 5.91 Å². The number of nitrogens with zero attached hydrogens (tertiary/aromatic N) is 1. The Morgan fingerprint density at radius 3 is 3.14 bits per heavy atom. The summed E-state index contributed by atoms with van der Waals surface area (Å²) in [7, 11) is 0. The van der Waals surface area contributed by atoms with Gasteiger partial charge in [-0.15, -0.1) is 11.3 Å². The predicted molar refractivity (Wildman–Crippen MR) is 84.8 cm³/mol. The predicted octanol–water partition coefficient (Wildman–Crippen LogP) is 2.80. The third-order valence-corrected chi connectivity index (χ3v) is 4.59. The number of rotatable bonds is 5. The maximum absolute atomic E-state index is 12.0. The average molecular weight is 320 g/mol. The van der Waals surface area contributed by atoms with Crippen molar-refractivity contribution < 1.29 is 13.9 Å². The summed E-state index contributed by atoms with van der Waals surface area (Å²) >= 11 is 1.50. The normalized spacial score (nSPS) is 18.3. The number of ether oxygens (including phenoxy) is 1. The van der Waals surface area contributed by atoms with Gasteiger partial charge in [-0.1, -0.05) is 0 Å². The fourth-order valence-corrected chi connectivity index (χ4v) is 3.28. The molecule has 1 fully saturated rings. The third kappa shape index (κ3) is 3.96. The number of hydrogen-bond acceptors (Lipinski definition) is 5. The Bertz CT molecular complexity index is 629. The molecule has 1 N–H and O–H groups in total. The van der Waals surface area contributed by atoms with Gasteiger partial charge in [0, 0.05) is 18.5 Å². The van der Waals surface area contributed by atoms with Crippen LogP contribution in [0.1, 0.15) is 24.3 Å². The van der Waals surface area contributed by atoms with Crippen LogP contribution in [0.5, 0.6) is 0 Å². The van der Waals surface area contributed by atoms with Gasteiger partial charge in [0.2, 0.25) is 5.91 Å². The molecule has 1 amide bonds. The first-order chi connectivity index (χ1) is 10.7. The molecule has 0 aliphatic carbocycles. The molecule has 118 valence electrons. The molecule has 1 aliphatic heterocycles. The van der Waals surface area contributed by atoms with E-state index < -0.39 is 0 Å². The van der Waals surface area contributed by atoms with Crippen LogP contribution in [0.15, 0.2) is 21.9 Å². The minimum atomic E-state index is 0.0121. The molecule has 1 atom stereocenters. The number of furan rings is 1. The van der Waals surface area contributed by atoms with Crippen LogP contribution in [0.2, 0.25) is 0 Å². The lowest BCUT2D eigenvalue weighted by atomic mass is 10.0. The van der Waals surface area contributed by atoms with Gasteiger partial charge in [-0.2, -0.15) is 0 Å². The average Bonchev–Trinajstić information content (AvgIpc) is 3.15. The van der Waals surface area contributed by atoms with Crippen LogP contribution in [0.3, 0.4) is 0 Å². The zero-order chi connectivity index (χ0) is 15.4. The van der Waals surface area contributed by atoms with E-state index in [9.17, 15) is 4.79 Å². The van der Waals surface area contributed by atoms with Gasteiger partial charge < -0.3 is 14.5 Å². The fourth-order valence-electron chi connectivity index (χ4n) is 2.50. The number of carbonyl (C=O) groups is 1. The summed E-state index contributed by atoms with van der Waals surface area (Å²) in [4.78, 5) is 16.5. The number of amides is 1. The summed E-state index contributed by atoms with van der Waals surface area (Å²) in [5, 5.41) is 5.71. The Hall–Kier alpha value is -1.66. The Labute approximate surface area is 133 Å². The van der Waals surface area contributed by atoms with Crippen LogP contribution < -0.4 is 5.32 Å². The van der Waals surface area contributed by atoms with Crippen LogP contribution in [0.25, 0.3) is 10.8 Å². The van der Waals surface area contributed by atoms with Gasteiger partial charge in [-0.05, 0) is 37.8 Å². The van der Waals surface area contributed by atoms with Crippen molar-refractivity contribution >= 4 is 17.2 Å². The molecule has 0 aromatic carbocycles. The molecular weight excluding hydrogens is 300 g/mol. The van der Waals surface area contributed by atoms with Crippen molar-refractivity contribution in [3.63, 3.8) is 0 Å². The molecule has 0 spiro atoms. The molecule has 5 nitrogen and oxygen atoms in total. The van der Waals surface area contributed by atoms with Crippen molar-refractivity contribution in [3.8, 4) is 10.8 Å². The zero-order valence-electron chi connectivity index (χ0n) is 12.6. The first-order valence-corrected chi connectivity index (χ1v) is 8.44. The first-order valence-electron chi connectivity index (χ1n) is 7.56. The van der Waals surface area contributed by atoms with Gasteiger partial charge in [0.1, 0.15) is 5.76 Å². The zero-order valence-corrected chi connectivity index (χ0v) is 13.4. The van der Waals surface area contributed by atoms with Crippen molar-refractivity contribution in [1.29, 1.82) is 0 Å². The van der Waals surface area contributed by atoms with E-state index in [1.807, 2.05) is 24.4 Å². The van der Waals surface area contributed by atoms with Crippen molar-refractivity contribution in [3.05, 3.63) is 29.0 Å². The van der Waals surface area contributed by atoms with E-state index in [4.69, 9.17) is 9.15 Å². The molecule has 2 aromatic heterocycles. The minimum absolute atomic E-state index is 0.0121. The number of carbonyl (C=O) groups excluding carboxylic acids is 1. The first kappa shape index (κ1) is 15.2. The van der Waals surface area contributed by atoms with Gasteiger partial charge >= 0.3 is 0 Å². The minimum Gasteiger partial charge on any atom is -0.459 e. The molecule has 3 rings (SSSR count). The molecule has 1 saturated heterocycles. The number of thiazole rings is 1. The van der Waals surface area contributed by atoms with Crippen LogP contribution in [-0.4, -0.2) is 30.6 Å². The second kappa shape index (κ2) is 7.07. The topological polar surface area (TPSA) is 64.4 Å². The largest absolute Gasteiger partial charge is 0.459 e. The van der Waals surface area contributed by atoms with Crippen molar-refractivity contribution in [1.82, 2.24) is 10.3 Å². The standard InChI is InChI=1S/C16H20N2O3S/c1-11-4-5-14(21-11)16-18-13(10-22-16)7-15(19)17-8-12-3-2-6-20-9-12/h4-5,10,12H,2-3,6-9H2,1H3,(H,17,19)/t12-/m1/s1. The highest BCUT2D eigenvalue weighted by Crippen LogP contribution is 2.25. The van der Waals surface area contributed by atoms with Gasteiger partial charge in [0.05, 0.1) is 18.7 Å². The SMILES string of the molecule is Cc1ccc(-c2nc(CC(=O)NC[C@H]3CCCOC3)cs2)o1. The maximum Gasteiger partial charge on any atom is 0.226 e. The van der Waals surface area contributed by atoms with Crippen LogP contribution in [-0.2, 0) is 16.0 Å². The van der Waals surface area contributed by atoms with Gasteiger partial charge in [-0.3, -0.25) is 4.79 Å². The molecule has 0 radical (unpaired) electrons. The van der Waals surface area contributed by atoms with Crippen molar-refractivity contribution in [2.45, 2.75) is 26.2 Å². The second-order valence-electron chi connectivity index (χ2n) is 5.62. The van der Waals surface area contributed by atoms with E-state index in [1.54, 1.807) is 0 Å². The second-order valence-corrected chi connectivity index (χ2v) is 6.48. The van der Waals surface area contributed by atoms with Gasteiger partial charge in [-0.25, -0.2) is 4.98 Å². The number of hydrogen-bond donors (Lipinski definition) is 1. The Kier molecular flexibility index (Phi) is 4.90. The Morgan fingerprint density at radius 1 is 1.50 bits per heavy atom. The lowest BCUT2D eigenvalue weighted by Gasteiger charge is -2.22. The molecule has 22 heavy (non-hydrogen) atoms. The molecule has 0 unspecified atom stereocenters. The van der Waals surface area contributed by atoms with Crippen LogP contribution >= 0.6 is 11.3 Å². The van der Waals surface area contributed by atoms with Crippen LogP contribution in [0.4, 0.5) is 0 Å². The Morgan fingerprint density at radius 2 is 2.41 bits per heavy atom. The van der Waals surface area contributed by atoms with Crippen molar-refractivity contribution in [2.75, 3.05) is 19.8 Å². The summed E-state index contributed by atoms with van der Waals surface area (Å²) in [6.07, 6.45) is 2.52. The third-order valence-electron chi connectivity index (χ3n) is 3.69. The van der Waals surface area contributed by atoms with E-state index in [2.05, 4.69) is 10.3 Å². The van der Waals surface area contributed by atoms with Crippen molar-refractivity contribution in [2.24, 2.45) is 5.92 Å². The number of aryl methyl sites for hydroxylation is 1. The monoisotopic (exact) mass is 320 g/mol. The summed E-state index contributed by atoms with van der Waals surface area (Å²) in [6.45, 7) is 4.19. The summed E-state index contributed by atoms with van der Waals surface area (Å²) in [6, 6.07) is 3.82. The lowest BCUT2D eigenvalue weighted by Crippen LogP contribution is -2.34. The lowest BCUT2D eigenvalue weighted by molar-refractivity contribution is -0.120. The number of aromatic nitrogens is 1. The van der Waals surface area contributed by atoms with E-state index >= 15 is 0 Å². The summed E-state index contributed by atoms with van der Waals surface area (Å²) in [5.41, 5.74) is 0.784. The molecule has 6 heteroatoms. The maximum atomic E-state index is 12.0. The highest BCUT2D eigenvalue weighted by atomic mass is 32.1. The Balaban J connectivity index is 1.50.